The third kappa shape index (κ3) is 4.80. The van der Waals surface area contributed by atoms with Crippen molar-refractivity contribution >= 4 is 22.5 Å². The SMILES string of the molecule is CC(C)[CH2][SnH]. The van der Waals surface area contributed by atoms with Crippen LogP contribution in [0.4, 0.5) is 0 Å². The van der Waals surface area contributed by atoms with Crippen molar-refractivity contribution in [1.29, 1.82) is 0 Å². The minimum absolute atomic E-state index is 0.942. The van der Waals surface area contributed by atoms with Gasteiger partial charge in [-0.3, -0.25) is 0 Å². The Bertz CT molecular complexity index is 17.6. The zero-order valence-corrected chi connectivity index (χ0v) is 7.16. The second-order valence-electron chi connectivity index (χ2n) is 1.63. The van der Waals surface area contributed by atoms with Gasteiger partial charge in [-0.25, -0.2) is 0 Å². The zero-order chi connectivity index (χ0) is 4.28. The molecule has 5 heavy (non-hydrogen) atoms. The van der Waals surface area contributed by atoms with Gasteiger partial charge in [0.1, 0.15) is 0 Å². The first-order valence-corrected chi connectivity index (χ1v) is 4.30. The molecule has 0 unspecified atom stereocenters. The van der Waals surface area contributed by atoms with E-state index in [2.05, 4.69) is 13.8 Å². The molecule has 0 saturated carbocycles. The average molecular weight is 177 g/mol. The van der Waals surface area contributed by atoms with E-state index in [0.29, 0.717) is 0 Å². The molecule has 0 aromatic carbocycles. The molecule has 0 aliphatic rings. The predicted molar refractivity (Wildman–Crippen MR) is 26.8 cm³/mol. The van der Waals surface area contributed by atoms with Crippen LogP contribution in [-0.4, -0.2) is 22.5 Å². The maximum atomic E-state index is 2.25. The Morgan fingerprint density at radius 3 is 1.80 bits per heavy atom. The molecular formula is C4H10Sn. The molecule has 0 atom stereocenters. The van der Waals surface area contributed by atoms with Crippen molar-refractivity contribution in [1.82, 2.24) is 0 Å². The Morgan fingerprint density at radius 2 is 1.80 bits per heavy atom. The van der Waals surface area contributed by atoms with E-state index in [-0.39, 0.29) is 0 Å². The molecule has 0 rings (SSSR count). The molecule has 0 saturated heterocycles. The van der Waals surface area contributed by atoms with Crippen LogP contribution in [-0.2, 0) is 0 Å². The van der Waals surface area contributed by atoms with Crippen LogP contribution in [0, 0.1) is 5.92 Å². The van der Waals surface area contributed by atoms with Gasteiger partial charge < -0.3 is 0 Å². The molecule has 0 spiro atoms. The summed E-state index contributed by atoms with van der Waals surface area (Å²) in [6.45, 7) is 4.51. The summed E-state index contributed by atoms with van der Waals surface area (Å²) in [5.74, 6) is 0.942. The van der Waals surface area contributed by atoms with Crippen LogP contribution >= 0.6 is 0 Å². The molecule has 0 amide bonds. The molecule has 0 bridgehead atoms. The number of hydrogen-bond acceptors (Lipinski definition) is 0. The summed E-state index contributed by atoms with van der Waals surface area (Å²) in [4.78, 5) is 0. The molecule has 0 aliphatic carbocycles. The van der Waals surface area contributed by atoms with Gasteiger partial charge in [-0.2, -0.15) is 0 Å². The van der Waals surface area contributed by atoms with Gasteiger partial charge in [0.15, 0.2) is 0 Å². The zero-order valence-electron chi connectivity index (χ0n) is 3.86. The minimum atomic E-state index is 0.942. The van der Waals surface area contributed by atoms with Crippen LogP contribution in [0.1, 0.15) is 13.8 Å². The van der Waals surface area contributed by atoms with E-state index in [1.807, 2.05) is 0 Å². The van der Waals surface area contributed by atoms with Crippen molar-refractivity contribution < 1.29 is 0 Å². The van der Waals surface area contributed by atoms with Gasteiger partial charge in [-0.05, 0) is 0 Å². The van der Waals surface area contributed by atoms with Crippen molar-refractivity contribution in [3.8, 4) is 0 Å². The topological polar surface area (TPSA) is 0 Å². The first kappa shape index (κ1) is 5.80. The van der Waals surface area contributed by atoms with Gasteiger partial charge in [0.2, 0.25) is 0 Å². The Morgan fingerprint density at radius 1 is 1.60 bits per heavy atom. The van der Waals surface area contributed by atoms with E-state index in [4.69, 9.17) is 0 Å². The summed E-state index contributed by atoms with van der Waals surface area (Å²) in [6, 6.07) is 0. The van der Waals surface area contributed by atoms with Crippen LogP contribution in [0.5, 0.6) is 0 Å². The molecule has 0 aromatic heterocycles. The van der Waals surface area contributed by atoms with Crippen molar-refractivity contribution in [2.24, 2.45) is 5.92 Å². The standard InChI is InChI=1S/C4H9.Sn.H/c1-4(2)3;;/h4H,1H2,2-3H3;;. The summed E-state index contributed by atoms with van der Waals surface area (Å²) in [6.07, 6.45) is 0. The van der Waals surface area contributed by atoms with Crippen LogP contribution in [0.3, 0.4) is 0 Å². The molecule has 1 heteroatoms. The second kappa shape index (κ2) is 3.01. The fourth-order valence-corrected chi connectivity index (χ4v) is 0. The van der Waals surface area contributed by atoms with Crippen LogP contribution < -0.4 is 0 Å². The summed E-state index contributed by atoms with van der Waals surface area (Å²) < 4.78 is 1.44. The summed E-state index contributed by atoms with van der Waals surface area (Å²) in [7, 11) is 0. The Kier molecular flexibility index (Phi) is 3.49. The van der Waals surface area contributed by atoms with Gasteiger partial charge in [0.25, 0.3) is 0 Å². The second-order valence-corrected chi connectivity index (χ2v) is 2.97. The van der Waals surface area contributed by atoms with E-state index in [0.717, 1.165) is 5.92 Å². The van der Waals surface area contributed by atoms with Crippen LogP contribution in [0.2, 0.25) is 4.44 Å². The normalized spacial score (nSPS) is 9.60. The molecule has 0 heterocycles. The molecule has 0 aliphatic heterocycles. The fourth-order valence-electron chi connectivity index (χ4n) is 0. The summed E-state index contributed by atoms with van der Waals surface area (Å²) in [5, 5.41) is 0. The van der Waals surface area contributed by atoms with Crippen LogP contribution in [0.15, 0.2) is 0 Å². The third-order valence-corrected chi connectivity index (χ3v) is 3.16. The van der Waals surface area contributed by atoms with E-state index in [1.165, 1.54) is 27.0 Å². The predicted octanol–water partition coefficient (Wildman–Crippen LogP) is 0.961. The molecule has 0 fully saturated rings. The molecule has 0 nitrogen and oxygen atoms in total. The number of hydrogen-bond donors (Lipinski definition) is 0. The summed E-state index contributed by atoms with van der Waals surface area (Å²) >= 11 is 1.43. The van der Waals surface area contributed by atoms with Gasteiger partial charge in [-0.1, -0.05) is 0 Å². The van der Waals surface area contributed by atoms with Gasteiger partial charge in [-0.15, -0.1) is 0 Å². The maximum absolute atomic E-state index is 2.25. The Balaban J connectivity index is 2.54. The first-order chi connectivity index (χ1) is 2.27. The third-order valence-electron chi connectivity index (χ3n) is 0.471. The molecule has 0 aromatic rings. The monoisotopic (exact) mass is 178 g/mol. The van der Waals surface area contributed by atoms with E-state index in [9.17, 15) is 0 Å². The fraction of sp³-hybridized carbons (Fsp3) is 1.00. The van der Waals surface area contributed by atoms with E-state index < -0.39 is 0 Å². The van der Waals surface area contributed by atoms with Crippen molar-refractivity contribution in [3.05, 3.63) is 0 Å². The van der Waals surface area contributed by atoms with E-state index in [1.54, 1.807) is 0 Å². The number of rotatable bonds is 1. The molecule has 2 radical (unpaired) electrons. The average Bonchev–Trinajstić information content (AvgIpc) is 1.38. The van der Waals surface area contributed by atoms with Crippen LogP contribution in [0.25, 0.3) is 0 Å². The van der Waals surface area contributed by atoms with Crippen molar-refractivity contribution in [2.45, 2.75) is 18.3 Å². The van der Waals surface area contributed by atoms with Gasteiger partial charge in [0, 0.05) is 0 Å². The quantitative estimate of drug-likeness (QED) is 0.523. The van der Waals surface area contributed by atoms with E-state index >= 15 is 0 Å². The van der Waals surface area contributed by atoms with Crippen molar-refractivity contribution in [3.63, 3.8) is 0 Å². The first-order valence-electron chi connectivity index (χ1n) is 1.97. The molecule has 30 valence electrons. The summed E-state index contributed by atoms with van der Waals surface area (Å²) in [5.41, 5.74) is 0. The van der Waals surface area contributed by atoms with Gasteiger partial charge in [0.05, 0.1) is 0 Å². The molecular weight excluding hydrogens is 167 g/mol. The van der Waals surface area contributed by atoms with Gasteiger partial charge >= 0.3 is 46.7 Å². The Hall–Kier alpha value is 0.799. The molecule has 0 N–H and O–H groups in total. The van der Waals surface area contributed by atoms with Crippen molar-refractivity contribution in [2.75, 3.05) is 0 Å². The Labute approximate surface area is 47.0 Å².